The number of ether oxygens (including phenoxy) is 2. The predicted molar refractivity (Wildman–Crippen MR) is 95.6 cm³/mol. The highest BCUT2D eigenvalue weighted by molar-refractivity contribution is 5.67. The molecule has 24 heavy (non-hydrogen) atoms. The molecule has 134 valence electrons. The number of nitrogens with one attached hydrogen (secondary N) is 2. The van der Waals surface area contributed by atoms with Gasteiger partial charge in [-0.2, -0.15) is 0 Å². The van der Waals surface area contributed by atoms with Crippen LogP contribution < -0.4 is 15.4 Å². The second kappa shape index (κ2) is 8.38. The van der Waals surface area contributed by atoms with Crippen molar-refractivity contribution in [3.63, 3.8) is 0 Å². The molecule has 1 fully saturated rings. The molecule has 5 nitrogen and oxygen atoms in total. The fourth-order valence-corrected chi connectivity index (χ4v) is 2.83. The molecule has 0 aliphatic heterocycles. The van der Waals surface area contributed by atoms with Crippen molar-refractivity contribution in [1.82, 2.24) is 10.6 Å². The Kier molecular flexibility index (Phi) is 6.49. The van der Waals surface area contributed by atoms with Gasteiger partial charge in [0.1, 0.15) is 11.4 Å². The van der Waals surface area contributed by atoms with Crippen LogP contribution in [0.1, 0.15) is 51.5 Å². The molecule has 5 heteroatoms. The van der Waals surface area contributed by atoms with Crippen LogP contribution in [0.25, 0.3) is 0 Å². The Labute approximate surface area is 145 Å². The van der Waals surface area contributed by atoms with Gasteiger partial charge in [0.25, 0.3) is 0 Å². The fourth-order valence-electron chi connectivity index (χ4n) is 2.83. The van der Waals surface area contributed by atoms with Crippen LogP contribution in [0.3, 0.4) is 0 Å². The van der Waals surface area contributed by atoms with Crippen molar-refractivity contribution in [2.75, 3.05) is 20.2 Å². The number of hydrogen-bond donors (Lipinski definition) is 2. The molecule has 1 aromatic carbocycles. The number of benzene rings is 1. The molecule has 0 atom stereocenters. The molecular weight excluding hydrogens is 304 g/mol. The highest BCUT2D eigenvalue weighted by atomic mass is 16.6. The Hall–Kier alpha value is -1.75. The summed E-state index contributed by atoms with van der Waals surface area (Å²) in [6.45, 7) is 7.14. The molecule has 1 aromatic rings. The second-order valence-corrected chi connectivity index (χ2v) is 7.37. The van der Waals surface area contributed by atoms with Crippen molar-refractivity contribution in [3.8, 4) is 5.75 Å². The van der Waals surface area contributed by atoms with Gasteiger partial charge < -0.3 is 20.1 Å². The van der Waals surface area contributed by atoms with Crippen LogP contribution in [-0.4, -0.2) is 37.9 Å². The van der Waals surface area contributed by atoms with Crippen molar-refractivity contribution in [1.29, 1.82) is 0 Å². The van der Waals surface area contributed by atoms with Crippen LogP contribution in [0.4, 0.5) is 4.79 Å². The minimum absolute atomic E-state index is 0.342. The topological polar surface area (TPSA) is 59.6 Å². The first-order chi connectivity index (χ1) is 11.4. The molecule has 0 saturated heterocycles. The van der Waals surface area contributed by atoms with Crippen LogP contribution in [0, 0.1) is 0 Å². The molecule has 0 bridgehead atoms. The smallest absolute Gasteiger partial charge is 0.407 e. The third-order valence-electron chi connectivity index (χ3n) is 4.18. The predicted octanol–water partition coefficient (Wildman–Crippen LogP) is 3.45. The number of hydrogen-bond acceptors (Lipinski definition) is 4. The highest BCUT2D eigenvalue weighted by Crippen LogP contribution is 2.37. The number of amides is 1. The summed E-state index contributed by atoms with van der Waals surface area (Å²) >= 11 is 0. The van der Waals surface area contributed by atoms with E-state index in [4.69, 9.17) is 9.47 Å². The highest BCUT2D eigenvalue weighted by Gasteiger charge is 2.29. The summed E-state index contributed by atoms with van der Waals surface area (Å²) in [6, 6.07) is 8.95. The van der Waals surface area contributed by atoms with E-state index in [1.807, 2.05) is 32.9 Å². The van der Waals surface area contributed by atoms with Gasteiger partial charge in [-0.15, -0.1) is 0 Å². The first kappa shape index (κ1) is 18.6. The van der Waals surface area contributed by atoms with Crippen molar-refractivity contribution in [3.05, 3.63) is 29.8 Å². The van der Waals surface area contributed by atoms with Crippen molar-refractivity contribution < 1.29 is 14.3 Å². The monoisotopic (exact) mass is 334 g/mol. The number of carbonyl (C=O) groups is 1. The third-order valence-corrected chi connectivity index (χ3v) is 4.18. The third kappa shape index (κ3) is 6.04. The summed E-state index contributed by atoms with van der Waals surface area (Å²) in [5, 5.41) is 6.33. The first-order valence-electron chi connectivity index (χ1n) is 8.71. The van der Waals surface area contributed by atoms with E-state index < -0.39 is 5.60 Å². The largest absolute Gasteiger partial charge is 0.497 e. The maximum atomic E-state index is 11.5. The summed E-state index contributed by atoms with van der Waals surface area (Å²) in [6.07, 6.45) is 2.91. The van der Waals surface area contributed by atoms with E-state index in [0.29, 0.717) is 18.5 Å². The maximum Gasteiger partial charge on any atom is 0.407 e. The van der Waals surface area contributed by atoms with Gasteiger partial charge in [0.15, 0.2) is 0 Å². The zero-order valence-corrected chi connectivity index (χ0v) is 15.2. The Balaban J connectivity index is 1.54. The van der Waals surface area contributed by atoms with E-state index in [2.05, 4.69) is 22.8 Å². The van der Waals surface area contributed by atoms with Crippen LogP contribution in [0.2, 0.25) is 0 Å². The van der Waals surface area contributed by atoms with E-state index in [-0.39, 0.29) is 6.09 Å². The average Bonchev–Trinajstić information content (AvgIpc) is 2.47. The van der Waals surface area contributed by atoms with Crippen molar-refractivity contribution in [2.24, 2.45) is 0 Å². The quantitative estimate of drug-likeness (QED) is 0.750. The Morgan fingerprint density at radius 3 is 2.42 bits per heavy atom. The molecular formula is C19H30N2O3. The lowest BCUT2D eigenvalue weighted by molar-refractivity contribution is 0.0527. The molecule has 0 spiro atoms. The Bertz CT molecular complexity index is 516. The lowest BCUT2D eigenvalue weighted by atomic mass is 9.76. The van der Waals surface area contributed by atoms with Gasteiger partial charge in [0.2, 0.25) is 0 Å². The van der Waals surface area contributed by atoms with Gasteiger partial charge >= 0.3 is 6.09 Å². The maximum absolute atomic E-state index is 11.5. The average molecular weight is 334 g/mol. The Morgan fingerprint density at radius 2 is 1.83 bits per heavy atom. The summed E-state index contributed by atoms with van der Waals surface area (Å²) < 4.78 is 10.4. The number of methoxy groups -OCH3 is 1. The van der Waals surface area contributed by atoms with E-state index in [1.165, 1.54) is 18.4 Å². The molecule has 1 amide bonds. The SMILES string of the molecule is COc1ccc(C2CC(NCCCNC(=O)OC(C)(C)C)C2)cc1. The number of alkyl carbamates (subject to hydrolysis) is 1. The lowest BCUT2D eigenvalue weighted by Gasteiger charge is -2.36. The van der Waals surface area contributed by atoms with Gasteiger partial charge in [-0.3, -0.25) is 0 Å². The van der Waals surface area contributed by atoms with E-state index >= 15 is 0 Å². The van der Waals surface area contributed by atoms with Crippen LogP contribution in [0.5, 0.6) is 5.75 Å². The molecule has 1 aliphatic carbocycles. The molecule has 1 aliphatic rings. The molecule has 0 heterocycles. The van der Waals surface area contributed by atoms with Gasteiger partial charge in [0.05, 0.1) is 7.11 Å². The molecule has 0 unspecified atom stereocenters. The minimum atomic E-state index is -0.440. The first-order valence-corrected chi connectivity index (χ1v) is 8.71. The summed E-state index contributed by atoms with van der Waals surface area (Å²) in [5.41, 5.74) is 0.950. The van der Waals surface area contributed by atoms with E-state index in [1.54, 1.807) is 7.11 Å². The summed E-state index contributed by atoms with van der Waals surface area (Å²) in [7, 11) is 1.69. The van der Waals surface area contributed by atoms with Gasteiger partial charge in [-0.05, 0) is 70.2 Å². The van der Waals surface area contributed by atoms with Crippen LogP contribution in [-0.2, 0) is 4.74 Å². The van der Waals surface area contributed by atoms with E-state index in [9.17, 15) is 4.79 Å². The van der Waals surface area contributed by atoms with Crippen molar-refractivity contribution >= 4 is 6.09 Å². The minimum Gasteiger partial charge on any atom is -0.497 e. The van der Waals surface area contributed by atoms with Crippen molar-refractivity contribution in [2.45, 2.75) is 57.6 Å². The molecule has 0 radical (unpaired) electrons. The standard InChI is InChI=1S/C19H30N2O3/c1-19(2,3)24-18(22)21-11-5-10-20-16-12-15(13-16)14-6-8-17(23-4)9-7-14/h6-9,15-16,20H,5,10-13H2,1-4H3,(H,21,22). The van der Waals surface area contributed by atoms with E-state index in [0.717, 1.165) is 18.7 Å². The van der Waals surface area contributed by atoms with Gasteiger partial charge in [-0.25, -0.2) is 4.79 Å². The Morgan fingerprint density at radius 1 is 1.17 bits per heavy atom. The van der Waals surface area contributed by atoms with Crippen LogP contribution >= 0.6 is 0 Å². The molecule has 2 rings (SSSR count). The molecule has 2 N–H and O–H groups in total. The van der Waals surface area contributed by atoms with Crippen LogP contribution in [0.15, 0.2) is 24.3 Å². The summed E-state index contributed by atoms with van der Waals surface area (Å²) in [5.74, 6) is 1.55. The zero-order chi connectivity index (χ0) is 17.6. The van der Waals surface area contributed by atoms with Gasteiger partial charge in [-0.1, -0.05) is 12.1 Å². The second-order valence-electron chi connectivity index (χ2n) is 7.37. The molecule has 0 aromatic heterocycles. The lowest BCUT2D eigenvalue weighted by Crippen LogP contribution is -2.41. The number of carbonyl (C=O) groups excluding carboxylic acids is 1. The summed E-state index contributed by atoms with van der Waals surface area (Å²) in [4.78, 5) is 11.5. The van der Waals surface area contributed by atoms with Gasteiger partial charge in [0, 0.05) is 12.6 Å². The zero-order valence-electron chi connectivity index (χ0n) is 15.2. The normalized spacial score (nSPS) is 20.2. The number of rotatable bonds is 7. The molecule has 1 saturated carbocycles. The fraction of sp³-hybridized carbons (Fsp3) is 0.632.